The highest BCUT2D eigenvalue weighted by Crippen LogP contribution is 2.59. The van der Waals surface area contributed by atoms with Gasteiger partial charge in [-0.25, -0.2) is 8.37 Å². The first-order valence-electron chi connectivity index (χ1n) is 11.5. The molecule has 210 valence electrons. The molecule has 5 atom stereocenters. The van der Waals surface area contributed by atoms with Gasteiger partial charge in [-0.15, -0.1) is 0 Å². The van der Waals surface area contributed by atoms with Crippen molar-refractivity contribution in [1.82, 2.24) is 4.90 Å². The third-order valence-corrected chi connectivity index (χ3v) is 8.80. The van der Waals surface area contributed by atoms with E-state index in [1.807, 2.05) is 0 Å². The molecule has 1 aliphatic heterocycles. The molecular weight excluding hydrogens is 540 g/mol. The second-order valence-electron chi connectivity index (χ2n) is 10.3. The number of nitrogen functional groups attached to an aromatic ring is 1. The summed E-state index contributed by atoms with van der Waals surface area (Å²) in [5, 5.41) is 45.1. The average molecular weight is 567 g/mol. The van der Waals surface area contributed by atoms with Crippen molar-refractivity contribution in [2.75, 3.05) is 38.8 Å². The summed E-state index contributed by atoms with van der Waals surface area (Å²) in [4.78, 5) is 42.4. The Hall–Kier alpha value is -3.70. The first kappa shape index (κ1) is 26.9. The molecule has 0 spiro atoms. The normalized spacial score (nSPS) is 33.0. The number of Topliss-reactive ketones (excluding diaryl/α,β-unsaturated/α-hetero) is 2. The summed E-state index contributed by atoms with van der Waals surface area (Å²) in [5.74, 6) is -10.6. The van der Waals surface area contributed by atoms with E-state index in [4.69, 9.17) is 19.8 Å². The van der Waals surface area contributed by atoms with Gasteiger partial charge < -0.3 is 36.8 Å². The molecule has 0 bridgehead atoms. The minimum Gasteiger partial charge on any atom is -0.507 e. The number of nitrogens with two attached hydrogens (primary N) is 2. The molecule has 1 aromatic carbocycles. The van der Waals surface area contributed by atoms with Crippen LogP contribution in [-0.2, 0) is 39.6 Å². The molecule has 15 nitrogen and oxygen atoms in total. The van der Waals surface area contributed by atoms with Crippen LogP contribution in [-0.4, -0.2) is 96.8 Å². The first-order valence-corrected chi connectivity index (χ1v) is 12.9. The summed E-state index contributed by atoms with van der Waals surface area (Å²) in [6.45, 7) is 0. The van der Waals surface area contributed by atoms with Crippen LogP contribution in [0.4, 0.5) is 11.4 Å². The zero-order valence-electron chi connectivity index (χ0n) is 21.1. The molecular formula is C23H26N4O11S. The molecule has 1 amide bonds. The molecule has 2 fully saturated rings. The Kier molecular flexibility index (Phi) is 5.46. The van der Waals surface area contributed by atoms with Gasteiger partial charge in [0.2, 0.25) is 22.9 Å². The van der Waals surface area contributed by atoms with E-state index in [-0.39, 0.29) is 23.2 Å². The maximum atomic E-state index is 14.0. The van der Waals surface area contributed by atoms with Crippen molar-refractivity contribution in [2.45, 2.75) is 23.9 Å². The Morgan fingerprint density at radius 2 is 1.74 bits per heavy atom. The van der Waals surface area contributed by atoms with Gasteiger partial charge in [0.15, 0.2) is 5.76 Å². The predicted molar refractivity (Wildman–Crippen MR) is 132 cm³/mol. The summed E-state index contributed by atoms with van der Waals surface area (Å²) in [7, 11) is 0.689. The van der Waals surface area contributed by atoms with Crippen molar-refractivity contribution < 1.29 is 51.6 Å². The van der Waals surface area contributed by atoms with E-state index in [2.05, 4.69) is 0 Å². The standard InChI is InChI=1S/C23H26N4O11S/c1-26(2)10-6-9(24)14(28)11-7(10)5-8-12(15(11)29)18(30)22(34)17-16(8)37-39(35,36)38-23(17,27(3)4)20(32)13(19(22)31)21(25)33/h6,8,16-17,28-29,32,34H,5,24H2,1-4H3,(H2,25,33)/t8-,16?,17+,22+,23+/m1/s1. The van der Waals surface area contributed by atoms with Crippen LogP contribution < -0.4 is 16.4 Å². The van der Waals surface area contributed by atoms with Crippen molar-refractivity contribution in [3.8, 4) is 5.75 Å². The number of likely N-dealkylation sites (N-methyl/N-ethyl adjacent to an activating group) is 1. The van der Waals surface area contributed by atoms with Crippen LogP contribution in [0.25, 0.3) is 5.76 Å². The van der Waals surface area contributed by atoms with Gasteiger partial charge in [-0.1, -0.05) is 0 Å². The fourth-order valence-corrected chi connectivity index (χ4v) is 7.48. The Labute approximate surface area is 221 Å². The Bertz CT molecular complexity index is 1560. The fraction of sp³-hybridized carbons (Fsp3) is 0.435. The van der Waals surface area contributed by atoms with Crippen molar-refractivity contribution in [3.05, 3.63) is 34.1 Å². The number of amides is 1. The zero-order chi connectivity index (χ0) is 29.1. The number of aromatic hydroxyl groups is 1. The number of hydrogen-bond donors (Lipinski definition) is 6. The van der Waals surface area contributed by atoms with E-state index in [0.717, 1.165) is 4.90 Å². The number of fused-ring (bicyclic) bond motifs is 3. The lowest BCUT2D eigenvalue weighted by Gasteiger charge is -2.59. The van der Waals surface area contributed by atoms with Crippen molar-refractivity contribution in [3.63, 3.8) is 0 Å². The number of benzene rings is 1. The number of phenolic OH excluding ortho intramolecular Hbond substituents is 1. The van der Waals surface area contributed by atoms with E-state index in [1.165, 1.54) is 20.2 Å². The third-order valence-electron chi connectivity index (χ3n) is 7.89. The van der Waals surface area contributed by atoms with Crippen molar-refractivity contribution in [2.24, 2.45) is 17.6 Å². The number of aliphatic hydroxyl groups is 3. The summed E-state index contributed by atoms with van der Waals surface area (Å²) >= 11 is 0. The number of phenols is 1. The fourth-order valence-electron chi connectivity index (χ4n) is 6.28. The molecule has 5 rings (SSSR count). The number of ketones is 2. The average Bonchev–Trinajstić information content (AvgIpc) is 2.81. The molecule has 39 heavy (non-hydrogen) atoms. The zero-order valence-corrected chi connectivity index (χ0v) is 21.9. The number of carbonyl (C=O) groups excluding carboxylic acids is 3. The quantitative estimate of drug-likeness (QED) is 0.102. The molecule has 0 aromatic heterocycles. The Morgan fingerprint density at radius 3 is 2.28 bits per heavy atom. The minimum atomic E-state index is -5.04. The van der Waals surface area contributed by atoms with E-state index in [1.54, 1.807) is 19.0 Å². The highest BCUT2D eigenvalue weighted by Gasteiger charge is 2.77. The maximum Gasteiger partial charge on any atom is 0.402 e. The first-order chi connectivity index (χ1) is 17.9. The number of rotatable bonds is 3. The molecule has 1 aromatic rings. The van der Waals surface area contributed by atoms with Gasteiger partial charge in [-0.2, -0.15) is 8.42 Å². The largest absolute Gasteiger partial charge is 0.507 e. The Balaban J connectivity index is 1.91. The van der Waals surface area contributed by atoms with Gasteiger partial charge in [0.05, 0.1) is 23.3 Å². The summed E-state index contributed by atoms with van der Waals surface area (Å²) in [6, 6.07) is 1.41. The number of nitrogens with zero attached hydrogens (tertiary/aromatic N) is 2. The van der Waals surface area contributed by atoms with Gasteiger partial charge in [0.25, 0.3) is 5.91 Å². The molecule has 1 unspecified atom stereocenters. The third kappa shape index (κ3) is 3.11. The molecule has 1 saturated carbocycles. The number of anilines is 2. The number of hydrogen-bond acceptors (Lipinski definition) is 14. The lowest BCUT2D eigenvalue weighted by atomic mass is 9.54. The highest BCUT2D eigenvalue weighted by atomic mass is 32.3. The molecule has 8 N–H and O–H groups in total. The SMILES string of the molecule is CN(C)c1cc(N)c(O)c2c1C[C@@H]1C(=C2O)C(=O)[C@]2(O)C(=O)C(C(N)=O)=C(O)[C@@]3(N(C)C)OS(=O)(=O)OC1[C@@H]23. The summed E-state index contributed by atoms with van der Waals surface area (Å²) in [6.07, 6.45) is -2.03. The second-order valence-corrected chi connectivity index (χ2v) is 11.5. The van der Waals surface area contributed by atoms with Crippen LogP contribution in [0.1, 0.15) is 11.1 Å². The molecule has 0 radical (unpaired) electrons. The molecule has 1 saturated heterocycles. The van der Waals surface area contributed by atoms with Crippen LogP contribution in [0.3, 0.4) is 0 Å². The van der Waals surface area contributed by atoms with Gasteiger partial charge in [-0.05, 0) is 32.1 Å². The lowest BCUT2D eigenvalue weighted by Crippen LogP contribution is -2.79. The monoisotopic (exact) mass is 566 g/mol. The summed E-state index contributed by atoms with van der Waals surface area (Å²) in [5.41, 5.74) is 3.62. The van der Waals surface area contributed by atoms with Crippen molar-refractivity contribution in [1.29, 1.82) is 0 Å². The minimum absolute atomic E-state index is 0.156. The van der Waals surface area contributed by atoms with Gasteiger partial charge >= 0.3 is 10.4 Å². The van der Waals surface area contributed by atoms with Crippen LogP contribution in [0.2, 0.25) is 0 Å². The second kappa shape index (κ2) is 7.92. The van der Waals surface area contributed by atoms with Crippen LogP contribution in [0, 0.1) is 11.8 Å². The maximum absolute atomic E-state index is 14.0. The molecule has 16 heteroatoms. The smallest absolute Gasteiger partial charge is 0.402 e. The molecule has 1 heterocycles. The lowest BCUT2D eigenvalue weighted by molar-refractivity contribution is -0.233. The van der Waals surface area contributed by atoms with Crippen LogP contribution >= 0.6 is 0 Å². The van der Waals surface area contributed by atoms with Crippen LogP contribution in [0.5, 0.6) is 5.75 Å². The molecule has 3 aliphatic carbocycles. The molecule has 4 aliphatic rings. The van der Waals surface area contributed by atoms with Gasteiger partial charge in [-0.3, -0.25) is 19.3 Å². The van der Waals surface area contributed by atoms with Crippen LogP contribution in [0.15, 0.2) is 23.0 Å². The topological polar surface area (TPSA) is 243 Å². The number of carbonyl (C=O) groups is 3. The van der Waals surface area contributed by atoms with E-state index >= 15 is 0 Å². The van der Waals surface area contributed by atoms with Crippen molar-refractivity contribution >= 4 is 45.0 Å². The Morgan fingerprint density at radius 1 is 1.13 bits per heavy atom. The summed E-state index contributed by atoms with van der Waals surface area (Å²) < 4.78 is 36.3. The van der Waals surface area contributed by atoms with Gasteiger partial charge in [0.1, 0.15) is 17.1 Å². The predicted octanol–water partition coefficient (Wildman–Crippen LogP) is -1.79. The van der Waals surface area contributed by atoms with E-state index in [9.17, 15) is 43.2 Å². The highest BCUT2D eigenvalue weighted by molar-refractivity contribution is 7.82. The van der Waals surface area contributed by atoms with Gasteiger partial charge in [0, 0.05) is 31.3 Å². The van der Waals surface area contributed by atoms with E-state index in [0.29, 0.717) is 5.69 Å². The van der Waals surface area contributed by atoms with E-state index < -0.39 is 85.6 Å². The number of aliphatic hydroxyl groups excluding tert-OH is 2. The number of primary amides is 1.